The smallest absolute Gasteiger partial charge is 0.248 e. The van der Waals surface area contributed by atoms with E-state index in [0.29, 0.717) is 5.56 Å². The molecular formula is C23H30N2O. The number of hydrogen-bond donors (Lipinski definition) is 2. The van der Waals surface area contributed by atoms with E-state index in [9.17, 15) is 4.79 Å². The maximum absolute atomic E-state index is 11.4. The van der Waals surface area contributed by atoms with Crippen LogP contribution in [0.15, 0.2) is 42.5 Å². The summed E-state index contributed by atoms with van der Waals surface area (Å²) in [6.45, 7) is 4.17. The molecule has 3 N–H and O–H groups in total. The average molecular weight is 351 g/mol. The van der Waals surface area contributed by atoms with Gasteiger partial charge in [-0.1, -0.05) is 62.4 Å². The Bertz CT molecular complexity index is 748. The van der Waals surface area contributed by atoms with E-state index >= 15 is 0 Å². The average Bonchev–Trinajstić information content (AvgIpc) is 2.67. The number of primary amides is 1. The molecule has 2 aromatic rings. The second-order valence-corrected chi connectivity index (χ2v) is 7.56. The number of nitrogens with two attached hydrogens (primary N) is 1. The number of amides is 1. The summed E-state index contributed by atoms with van der Waals surface area (Å²) in [6, 6.07) is 14.0. The third kappa shape index (κ3) is 4.95. The van der Waals surface area contributed by atoms with Crippen molar-refractivity contribution in [2.45, 2.75) is 52.0 Å². The number of rotatable bonds is 7. The van der Waals surface area contributed by atoms with Crippen LogP contribution in [0.2, 0.25) is 0 Å². The summed E-state index contributed by atoms with van der Waals surface area (Å²) in [5.41, 5.74) is 10.7. The lowest BCUT2D eigenvalue weighted by Gasteiger charge is -2.21. The summed E-state index contributed by atoms with van der Waals surface area (Å²) in [5.74, 6) is 0.541. The molecule has 1 aliphatic carbocycles. The second-order valence-electron chi connectivity index (χ2n) is 7.56. The highest BCUT2D eigenvalue weighted by Gasteiger charge is 2.12. The van der Waals surface area contributed by atoms with Gasteiger partial charge < -0.3 is 11.1 Å². The van der Waals surface area contributed by atoms with Gasteiger partial charge in [-0.05, 0) is 60.2 Å². The minimum absolute atomic E-state index is 0.387. The lowest BCUT2D eigenvalue weighted by molar-refractivity contribution is 0.100. The Hall–Kier alpha value is -2.13. The maximum Gasteiger partial charge on any atom is 0.248 e. The highest BCUT2D eigenvalue weighted by Crippen LogP contribution is 2.26. The van der Waals surface area contributed by atoms with Crippen LogP contribution < -0.4 is 11.1 Å². The van der Waals surface area contributed by atoms with E-state index in [1.54, 1.807) is 6.07 Å². The summed E-state index contributed by atoms with van der Waals surface area (Å²) in [6.07, 6.45) is 8.40. The zero-order chi connectivity index (χ0) is 18.4. The zero-order valence-electron chi connectivity index (χ0n) is 15.8. The molecule has 0 aliphatic heterocycles. The van der Waals surface area contributed by atoms with Gasteiger partial charge >= 0.3 is 0 Å². The minimum Gasteiger partial charge on any atom is -0.366 e. The molecule has 0 atom stereocenters. The van der Waals surface area contributed by atoms with Gasteiger partial charge in [0, 0.05) is 12.1 Å². The van der Waals surface area contributed by atoms with Crippen molar-refractivity contribution in [2.75, 3.05) is 6.54 Å². The molecule has 1 amide bonds. The third-order valence-electron chi connectivity index (χ3n) is 5.59. The van der Waals surface area contributed by atoms with E-state index in [0.717, 1.165) is 30.1 Å². The van der Waals surface area contributed by atoms with Crippen LogP contribution in [0.4, 0.5) is 0 Å². The molecule has 0 aromatic heterocycles. The molecule has 3 nitrogen and oxygen atoms in total. The van der Waals surface area contributed by atoms with Gasteiger partial charge in [0.15, 0.2) is 0 Å². The van der Waals surface area contributed by atoms with Crippen molar-refractivity contribution < 1.29 is 4.79 Å². The standard InChI is InChI=1S/C23H30N2O/c1-17-14-20(19-8-5-9-21(15-19)23(24)26)10-11-22(17)16-25-13-12-18-6-3-2-4-7-18/h5,8-11,14-15,18,25H,2-4,6-7,12-13,16H2,1H3,(H2,24,26). The van der Waals surface area contributed by atoms with Crippen molar-refractivity contribution >= 4 is 5.91 Å². The molecule has 2 aromatic carbocycles. The Morgan fingerprint density at radius 1 is 1.08 bits per heavy atom. The predicted octanol–water partition coefficient (Wildman–Crippen LogP) is 4.82. The molecule has 0 unspecified atom stereocenters. The van der Waals surface area contributed by atoms with Crippen LogP contribution >= 0.6 is 0 Å². The first kappa shape index (κ1) is 18.7. The van der Waals surface area contributed by atoms with Crippen molar-refractivity contribution in [3.05, 3.63) is 59.2 Å². The fourth-order valence-corrected chi connectivity index (χ4v) is 3.93. The van der Waals surface area contributed by atoms with Gasteiger partial charge in [-0.25, -0.2) is 0 Å². The molecule has 3 heteroatoms. The second kappa shape index (κ2) is 9.00. The van der Waals surface area contributed by atoms with Gasteiger partial charge in [0.25, 0.3) is 0 Å². The summed E-state index contributed by atoms with van der Waals surface area (Å²) < 4.78 is 0. The molecule has 0 radical (unpaired) electrons. The van der Waals surface area contributed by atoms with Crippen LogP contribution in [0.25, 0.3) is 11.1 Å². The fraction of sp³-hybridized carbons (Fsp3) is 0.435. The van der Waals surface area contributed by atoms with E-state index < -0.39 is 0 Å². The molecule has 0 saturated heterocycles. The van der Waals surface area contributed by atoms with Gasteiger partial charge in [-0.15, -0.1) is 0 Å². The zero-order valence-corrected chi connectivity index (χ0v) is 15.8. The lowest BCUT2D eigenvalue weighted by atomic mass is 9.87. The van der Waals surface area contributed by atoms with Crippen molar-refractivity contribution in [3.8, 4) is 11.1 Å². The van der Waals surface area contributed by atoms with E-state index in [1.807, 2.05) is 18.2 Å². The number of aryl methyl sites for hydroxylation is 1. The molecule has 1 saturated carbocycles. The van der Waals surface area contributed by atoms with Crippen molar-refractivity contribution in [3.63, 3.8) is 0 Å². The SMILES string of the molecule is Cc1cc(-c2cccc(C(N)=O)c2)ccc1CNCCC1CCCCC1. The Morgan fingerprint density at radius 3 is 2.58 bits per heavy atom. The van der Waals surface area contributed by atoms with Crippen LogP contribution in [-0.2, 0) is 6.54 Å². The van der Waals surface area contributed by atoms with Crippen LogP contribution in [0.3, 0.4) is 0 Å². The molecule has 0 bridgehead atoms. The van der Waals surface area contributed by atoms with Crippen LogP contribution in [0.5, 0.6) is 0 Å². The number of carbonyl (C=O) groups is 1. The number of benzene rings is 2. The summed E-state index contributed by atoms with van der Waals surface area (Å²) in [5, 5.41) is 3.61. The number of carbonyl (C=O) groups excluding carboxylic acids is 1. The van der Waals surface area contributed by atoms with E-state index in [1.165, 1.54) is 49.7 Å². The first-order valence-corrected chi connectivity index (χ1v) is 9.84. The normalized spacial score (nSPS) is 15.1. The van der Waals surface area contributed by atoms with Crippen LogP contribution in [0, 0.1) is 12.8 Å². The van der Waals surface area contributed by atoms with Gasteiger partial charge in [0.1, 0.15) is 0 Å². The van der Waals surface area contributed by atoms with Gasteiger partial charge in [-0.2, -0.15) is 0 Å². The Balaban J connectivity index is 1.57. The maximum atomic E-state index is 11.4. The fourth-order valence-electron chi connectivity index (χ4n) is 3.93. The Morgan fingerprint density at radius 2 is 1.85 bits per heavy atom. The summed E-state index contributed by atoms with van der Waals surface area (Å²) in [4.78, 5) is 11.4. The highest BCUT2D eigenvalue weighted by atomic mass is 16.1. The lowest BCUT2D eigenvalue weighted by Crippen LogP contribution is -2.19. The molecule has 0 spiro atoms. The molecule has 1 fully saturated rings. The molecular weight excluding hydrogens is 320 g/mol. The molecule has 1 aliphatic rings. The summed E-state index contributed by atoms with van der Waals surface area (Å²) in [7, 11) is 0. The highest BCUT2D eigenvalue weighted by molar-refractivity contribution is 5.94. The Labute approximate surface area is 157 Å². The summed E-state index contributed by atoms with van der Waals surface area (Å²) >= 11 is 0. The topological polar surface area (TPSA) is 55.1 Å². The number of hydrogen-bond acceptors (Lipinski definition) is 2. The monoisotopic (exact) mass is 350 g/mol. The Kier molecular flexibility index (Phi) is 6.45. The first-order valence-electron chi connectivity index (χ1n) is 9.84. The van der Waals surface area contributed by atoms with Crippen molar-refractivity contribution in [2.24, 2.45) is 11.7 Å². The van der Waals surface area contributed by atoms with Gasteiger partial charge in [0.2, 0.25) is 5.91 Å². The third-order valence-corrected chi connectivity index (χ3v) is 5.59. The quantitative estimate of drug-likeness (QED) is 0.703. The van der Waals surface area contributed by atoms with Gasteiger partial charge in [0.05, 0.1) is 0 Å². The number of nitrogens with one attached hydrogen (secondary N) is 1. The van der Waals surface area contributed by atoms with E-state index in [2.05, 4.69) is 30.4 Å². The largest absolute Gasteiger partial charge is 0.366 e. The molecule has 138 valence electrons. The molecule has 0 heterocycles. The van der Waals surface area contributed by atoms with Gasteiger partial charge in [-0.3, -0.25) is 4.79 Å². The van der Waals surface area contributed by atoms with E-state index in [-0.39, 0.29) is 5.91 Å². The van der Waals surface area contributed by atoms with Crippen molar-refractivity contribution in [1.82, 2.24) is 5.32 Å². The first-order chi connectivity index (χ1) is 12.6. The van der Waals surface area contributed by atoms with Crippen LogP contribution in [0.1, 0.15) is 60.0 Å². The van der Waals surface area contributed by atoms with Crippen molar-refractivity contribution in [1.29, 1.82) is 0 Å². The van der Waals surface area contributed by atoms with E-state index in [4.69, 9.17) is 5.73 Å². The molecule has 26 heavy (non-hydrogen) atoms. The minimum atomic E-state index is -0.387. The predicted molar refractivity (Wildman–Crippen MR) is 108 cm³/mol. The van der Waals surface area contributed by atoms with Crippen LogP contribution in [-0.4, -0.2) is 12.5 Å². The molecule has 3 rings (SSSR count).